The minimum atomic E-state index is -1.38. The lowest BCUT2D eigenvalue weighted by Crippen LogP contribution is -2.41. The van der Waals surface area contributed by atoms with E-state index >= 15 is 0 Å². The molecule has 356 valence electrons. The van der Waals surface area contributed by atoms with Crippen LogP contribution in [-0.2, 0) is 14.2 Å². The van der Waals surface area contributed by atoms with Gasteiger partial charge in [0, 0.05) is 34.1 Å². The van der Waals surface area contributed by atoms with Crippen molar-refractivity contribution in [3.05, 3.63) is 162 Å². The number of anilines is 6. The van der Waals surface area contributed by atoms with Gasteiger partial charge >= 0.3 is 36.6 Å². The number of hydrogen-bond acceptors (Lipinski definition) is 12. The van der Waals surface area contributed by atoms with Gasteiger partial charge in [-0.25, -0.2) is 28.8 Å². The Balaban J connectivity index is 1.14. The molecular formula is C51H50N6O12. The smallest absolute Gasteiger partial charge is 0.417 e. The maximum Gasteiger partial charge on any atom is 0.417 e. The third-order valence-electron chi connectivity index (χ3n) is 9.91. The quantitative estimate of drug-likeness (QED) is 0.0498. The van der Waals surface area contributed by atoms with E-state index in [2.05, 4.69) is 31.9 Å². The van der Waals surface area contributed by atoms with Crippen LogP contribution in [0.2, 0.25) is 0 Å². The number of carbonyl (C=O) groups excluding carboxylic acids is 6. The Bertz CT molecular complexity index is 2740. The molecule has 2 unspecified atom stereocenters. The Morgan fingerprint density at radius 3 is 1.09 bits per heavy atom. The van der Waals surface area contributed by atoms with E-state index in [9.17, 15) is 28.8 Å². The van der Waals surface area contributed by atoms with Crippen LogP contribution >= 0.6 is 0 Å². The first-order valence-corrected chi connectivity index (χ1v) is 21.6. The summed E-state index contributed by atoms with van der Waals surface area (Å²) >= 11 is 0. The summed E-state index contributed by atoms with van der Waals surface area (Å²) in [6, 6.07) is 39.7. The third-order valence-corrected chi connectivity index (χ3v) is 9.91. The topological polar surface area (TPSA) is 230 Å². The van der Waals surface area contributed by atoms with Crippen LogP contribution in [0.1, 0.15) is 36.5 Å². The molecule has 0 heterocycles. The summed E-state index contributed by atoms with van der Waals surface area (Å²) in [6.07, 6.45) is -7.15. The van der Waals surface area contributed by atoms with E-state index in [-0.39, 0.29) is 23.5 Å². The lowest BCUT2D eigenvalue weighted by molar-refractivity contribution is -0.0317. The molecule has 18 nitrogen and oxygen atoms in total. The maximum absolute atomic E-state index is 13.6. The molecule has 6 aromatic rings. The van der Waals surface area contributed by atoms with Crippen molar-refractivity contribution in [1.29, 1.82) is 0 Å². The standard InChI is InChI=1S/C51H50N6O12/c1-5-15-44(68-47(59)53-36-26-23-33(3)42(29-36)56-50(62)66-39-18-11-7-12-19-39)45(69-48(60)54-37-27-24-34(4)43(30-37)57-51(63)67-40-20-13-8-14-21-40)31-64-46(58)52-35-25-22-32(2)41(28-35)55-49(61)65-38-16-9-6-10-17-38/h6-14,16-30,44-45H,5,15,31H2,1-4H3,(H,52,58)(H,53,59)(H,54,60)(H,55,61)(H,56,62)(H,57,63). The van der Waals surface area contributed by atoms with Gasteiger partial charge in [-0.2, -0.15) is 0 Å². The number of ether oxygens (including phenoxy) is 6. The summed E-state index contributed by atoms with van der Waals surface area (Å²) in [5.74, 6) is 0.995. The van der Waals surface area contributed by atoms with Crippen LogP contribution < -0.4 is 46.1 Å². The SMILES string of the molecule is CCCC(OC(=O)Nc1ccc(C)c(NC(=O)Oc2ccccc2)c1)C(COC(=O)Nc1ccc(C)c(NC(=O)Oc2ccccc2)c1)OC(=O)Nc1ccc(C)c(NC(=O)Oc2ccccc2)c1. The van der Waals surface area contributed by atoms with E-state index in [1.54, 1.807) is 148 Å². The lowest BCUT2D eigenvalue weighted by atomic mass is 10.1. The number of nitrogens with one attached hydrogen (secondary N) is 6. The van der Waals surface area contributed by atoms with Gasteiger partial charge in [-0.3, -0.25) is 31.9 Å². The highest BCUT2D eigenvalue weighted by Crippen LogP contribution is 2.26. The van der Waals surface area contributed by atoms with Crippen molar-refractivity contribution in [1.82, 2.24) is 0 Å². The van der Waals surface area contributed by atoms with Crippen molar-refractivity contribution >= 4 is 70.7 Å². The summed E-state index contributed by atoms with van der Waals surface area (Å²) in [7, 11) is 0. The van der Waals surface area contributed by atoms with Crippen LogP contribution in [0.25, 0.3) is 0 Å². The zero-order valence-corrected chi connectivity index (χ0v) is 38.0. The van der Waals surface area contributed by atoms with Crippen LogP contribution in [0.15, 0.2) is 146 Å². The normalized spacial score (nSPS) is 11.3. The number of para-hydroxylation sites is 3. The Hall–Kier alpha value is -9.06. The van der Waals surface area contributed by atoms with Crippen molar-refractivity contribution in [3.63, 3.8) is 0 Å². The molecule has 0 aliphatic heterocycles. The Morgan fingerprint density at radius 1 is 0.406 bits per heavy atom. The molecule has 6 rings (SSSR count). The van der Waals surface area contributed by atoms with Gasteiger partial charge in [-0.15, -0.1) is 0 Å². The predicted molar refractivity (Wildman–Crippen MR) is 259 cm³/mol. The van der Waals surface area contributed by atoms with Gasteiger partial charge in [0.05, 0.1) is 0 Å². The Kier molecular flexibility index (Phi) is 17.5. The summed E-state index contributed by atoms with van der Waals surface area (Å²) < 4.78 is 33.2. The van der Waals surface area contributed by atoms with E-state index in [1.165, 1.54) is 18.2 Å². The average molecular weight is 939 g/mol. The van der Waals surface area contributed by atoms with Gasteiger partial charge in [0.25, 0.3) is 0 Å². The Morgan fingerprint density at radius 2 is 0.739 bits per heavy atom. The average Bonchev–Trinajstić information content (AvgIpc) is 3.32. The third kappa shape index (κ3) is 15.8. The summed E-state index contributed by atoms with van der Waals surface area (Å²) in [6.45, 7) is 6.48. The molecule has 2 atom stereocenters. The number of carbonyl (C=O) groups is 6. The molecule has 0 saturated heterocycles. The molecule has 0 aliphatic rings. The van der Waals surface area contributed by atoms with Crippen LogP contribution in [0.3, 0.4) is 0 Å². The van der Waals surface area contributed by atoms with Gasteiger partial charge in [0.15, 0.2) is 6.10 Å². The highest BCUT2D eigenvalue weighted by Gasteiger charge is 2.31. The van der Waals surface area contributed by atoms with Gasteiger partial charge in [0.2, 0.25) is 0 Å². The highest BCUT2D eigenvalue weighted by atomic mass is 16.6. The van der Waals surface area contributed by atoms with Gasteiger partial charge in [-0.05, 0) is 117 Å². The fourth-order valence-electron chi connectivity index (χ4n) is 6.40. The molecule has 0 bridgehead atoms. The molecule has 0 radical (unpaired) electrons. The number of hydrogen-bond donors (Lipinski definition) is 6. The second-order valence-electron chi connectivity index (χ2n) is 15.2. The molecule has 6 aromatic carbocycles. The van der Waals surface area contributed by atoms with E-state index in [4.69, 9.17) is 28.4 Å². The first kappa shape index (κ1) is 49.4. The van der Waals surface area contributed by atoms with Gasteiger partial charge < -0.3 is 28.4 Å². The van der Waals surface area contributed by atoms with Crippen molar-refractivity contribution in [2.75, 3.05) is 38.5 Å². The predicted octanol–water partition coefficient (Wildman–Crippen LogP) is 12.0. The molecule has 0 saturated carbocycles. The largest absolute Gasteiger partial charge is 0.445 e. The molecule has 0 aliphatic carbocycles. The first-order chi connectivity index (χ1) is 33.3. The molecular weight excluding hydrogens is 889 g/mol. The lowest BCUT2D eigenvalue weighted by Gasteiger charge is -2.27. The molecule has 0 aromatic heterocycles. The zero-order valence-electron chi connectivity index (χ0n) is 38.0. The van der Waals surface area contributed by atoms with Crippen molar-refractivity contribution in [2.24, 2.45) is 0 Å². The van der Waals surface area contributed by atoms with Crippen molar-refractivity contribution in [3.8, 4) is 17.2 Å². The molecule has 0 spiro atoms. The van der Waals surface area contributed by atoms with E-state index in [1.807, 2.05) is 6.92 Å². The molecule has 69 heavy (non-hydrogen) atoms. The molecule has 0 fully saturated rings. The fourth-order valence-corrected chi connectivity index (χ4v) is 6.40. The number of amides is 6. The minimum absolute atomic E-state index is 0.149. The fraction of sp³-hybridized carbons (Fsp3) is 0.176. The highest BCUT2D eigenvalue weighted by molar-refractivity contribution is 5.93. The zero-order chi connectivity index (χ0) is 49.1. The van der Waals surface area contributed by atoms with E-state index in [0.29, 0.717) is 57.4 Å². The first-order valence-electron chi connectivity index (χ1n) is 21.6. The number of aryl methyl sites for hydroxylation is 3. The molecule has 18 heteroatoms. The number of rotatable bonds is 16. The van der Waals surface area contributed by atoms with E-state index < -0.39 is 55.4 Å². The van der Waals surface area contributed by atoms with Gasteiger partial charge in [0.1, 0.15) is 30.0 Å². The second-order valence-corrected chi connectivity index (χ2v) is 15.2. The van der Waals surface area contributed by atoms with Crippen LogP contribution in [0.4, 0.5) is 62.9 Å². The van der Waals surface area contributed by atoms with Crippen LogP contribution in [0.5, 0.6) is 17.2 Å². The Labute approximate surface area is 397 Å². The monoisotopic (exact) mass is 938 g/mol. The van der Waals surface area contributed by atoms with Gasteiger partial charge in [-0.1, -0.05) is 86.1 Å². The van der Waals surface area contributed by atoms with Crippen LogP contribution in [-0.4, -0.2) is 55.4 Å². The maximum atomic E-state index is 13.6. The summed E-state index contributed by atoms with van der Waals surface area (Å²) in [5.41, 5.74) is 3.74. The second kappa shape index (κ2) is 24.5. The summed E-state index contributed by atoms with van der Waals surface area (Å²) in [4.78, 5) is 78.4. The van der Waals surface area contributed by atoms with E-state index in [0.717, 1.165) is 0 Å². The van der Waals surface area contributed by atoms with Crippen molar-refractivity contribution in [2.45, 2.75) is 52.7 Å². The molecule has 6 N–H and O–H groups in total. The minimum Gasteiger partial charge on any atom is -0.445 e. The van der Waals surface area contributed by atoms with Crippen molar-refractivity contribution < 1.29 is 57.2 Å². The summed E-state index contributed by atoms with van der Waals surface area (Å²) in [5, 5.41) is 15.8. The number of benzene rings is 6. The van der Waals surface area contributed by atoms with Crippen LogP contribution in [0, 0.1) is 20.8 Å². The molecule has 6 amide bonds.